The Morgan fingerprint density at radius 3 is 2.90 bits per heavy atom. The van der Waals surface area contributed by atoms with Gasteiger partial charge in [0.05, 0.1) is 0 Å². The summed E-state index contributed by atoms with van der Waals surface area (Å²) < 4.78 is 4.04. The van der Waals surface area contributed by atoms with Crippen LogP contribution >= 0.6 is 0 Å². The zero-order valence-corrected chi connectivity index (χ0v) is 13.4. The Labute approximate surface area is 127 Å². The quantitative estimate of drug-likeness (QED) is 0.656. The van der Waals surface area contributed by atoms with Gasteiger partial charge in [0.2, 0.25) is 0 Å². The summed E-state index contributed by atoms with van der Waals surface area (Å²) in [5, 5.41) is 14.0. The van der Waals surface area contributed by atoms with Crippen molar-refractivity contribution >= 4 is 34.5 Å². The molecule has 7 heteroatoms. The van der Waals surface area contributed by atoms with Crippen LogP contribution in [0.2, 0.25) is 0 Å². The molecule has 3 aromatic rings. The van der Waals surface area contributed by atoms with Crippen LogP contribution in [0.5, 0.6) is 0 Å². The van der Waals surface area contributed by atoms with E-state index in [9.17, 15) is 5.26 Å². The van der Waals surface area contributed by atoms with Crippen molar-refractivity contribution in [1.82, 2.24) is 19.6 Å². The van der Waals surface area contributed by atoms with Crippen LogP contribution in [0.4, 0.5) is 4.56 Å². The number of nitrogens with zero attached hydrogens (tertiary/aromatic N) is 6. The van der Waals surface area contributed by atoms with Crippen LogP contribution < -0.4 is 4.90 Å². The molecule has 0 saturated carbocycles. The molecular weight excluding hydrogens is 331 g/mol. The van der Waals surface area contributed by atoms with Crippen LogP contribution in [0, 0.1) is 11.3 Å². The molecule has 0 unspecified atom stereocenters. The van der Waals surface area contributed by atoms with Gasteiger partial charge in [-0.15, -0.1) is 0 Å². The van der Waals surface area contributed by atoms with Gasteiger partial charge in [0.25, 0.3) is 0 Å². The Bertz CT molecular complexity index is 865. The van der Waals surface area contributed by atoms with Crippen molar-refractivity contribution in [1.29, 1.82) is 5.26 Å². The molecule has 21 heavy (non-hydrogen) atoms. The first-order valence-electron chi connectivity index (χ1n) is 7.13. The average molecular weight is 345 g/mol. The fraction of sp³-hybridized carbons (Fsp3) is 0.429. The fourth-order valence-corrected chi connectivity index (χ4v) is 5.38. The topological polar surface area (TPSA) is 70.1 Å². The molecule has 1 saturated heterocycles. The third-order valence-corrected chi connectivity index (χ3v) is 6.45. The van der Waals surface area contributed by atoms with Gasteiger partial charge < -0.3 is 0 Å². The number of nitriles is 1. The van der Waals surface area contributed by atoms with Crippen molar-refractivity contribution in [2.24, 2.45) is 0 Å². The molecule has 0 N–H and O–H groups in total. The number of aromatic nitrogens is 4. The summed E-state index contributed by atoms with van der Waals surface area (Å²) in [5.41, 5.74) is 2.44. The molecule has 3 aromatic heterocycles. The van der Waals surface area contributed by atoms with Crippen molar-refractivity contribution in [3.63, 3.8) is 0 Å². The van der Waals surface area contributed by atoms with Gasteiger partial charge in [-0.05, 0) is 0 Å². The predicted octanol–water partition coefficient (Wildman–Crippen LogP) is 1.37. The molecule has 0 bridgehead atoms. The van der Waals surface area contributed by atoms with Gasteiger partial charge in [0.15, 0.2) is 0 Å². The third kappa shape index (κ3) is 1.87. The van der Waals surface area contributed by atoms with E-state index < -0.39 is 0 Å². The second-order valence-electron chi connectivity index (χ2n) is 5.16. The molecule has 0 radical (unpaired) electrons. The summed E-state index contributed by atoms with van der Waals surface area (Å²) >= 11 is 0.0955. The van der Waals surface area contributed by atoms with E-state index >= 15 is 0 Å². The van der Waals surface area contributed by atoms with Crippen LogP contribution in [-0.4, -0.2) is 47.2 Å². The molecule has 0 atom stereocenters. The van der Waals surface area contributed by atoms with Gasteiger partial charge >= 0.3 is 127 Å². The molecule has 4 heterocycles. The van der Waals surface area contributed by atoms with E-state index in [0.29, 0.717) is 0 Å². The van der Waals surface area contributed by atoms with Gasteiger partial charge in [-0.1, -0.05) is 0 Å². The zero-order chi connectivity index (χ0) is 14.4. The molecule has 6 nitrogen and oxygen atoms in total. The Balaban J connectivity index is 2.01. The average Bonchev–Trinajstić information content (AvgIpc) is 3.22. The van der Waals surface area contributed by atoms with Crippen molar-refractivity contribution in [2.45, 2.75) is 26.2 Å². The maximum atomic E-state index is 9.56. The molecule has 4 rings (SSSR count). The van der Waals surface area contributed by atoms with Gasteiger partial charge in [-0.3, -0.25) is 0 Å². The SMILES string of the molecule is CCc1nc2c3[se]c(N4CCCC4)c(C#N)c3ncn2n1. The Kier molecular flexibility index (Phi) is 2.95. The van der Waals surface area contributed by atoms with E-state index in [4.69, 9.17) is 0 Å². The monoisotopic (exact) mass is 346 g/mol. The van der Waals surface area contributed by atoms with Crippen molar-refractivity contribution in [3.05, 3.63) is 17.7 Å². The van der Waals surface area contributed by atoms with E-state index in [-0.39, 0.29) is 14.5 Å². The van der Waals surface area contributed by atoms with E-state index in [0.717, 1.165) is 46.3 Å². The number of fused-ring (bicyclic) bond motifs is 3. The van der Waals surface area contributed by atoms with Gasteiger partial charge in [0.1, 0.15) is 0 Å². The first-order valence-corrected chi connectivity index (χ1v) is 8.85. The molecule has 0 aliphatic carbocycles. The number of hydrogen-bond acceptors (Lipinski definition) is 5. The van der Waals surface area contributed by atoms with Crippen LogP contribution in [0.15, 0.2) is 6.33 Å². The number of rotatable bonds is 2. The molecule has 0 amide bonds. The molecule has 0 spiro atoms. The van der Waals surface area contributed by atoms with E-state index in [1.807, 2.05) is 6.92 Å². The summed E-state index contributed by atoms with van der Waals surface area (Å²) in [4.78, 5) is 11.4. The van der Waals surface area contributed by atoms with Crippen LogP contribution in [0.1, 0.15) is 31.2 Å². The Morgan fingerprint density at radius 2 is 2.19 bits per heavy atom. The summed E-state index contributed by atoms with van der Waals surface area (Å²) in [6.07, 6.45) is 4.91. The fourth-order valence-electron chi connectivity index (χ4n) is 2.79. The Morgan fingerprint density at radius 1 is 1.38 bits per heavy atom. The molecular formula is C14H14N6Se. The first-order chi connectivity index (χ1) is 10.3. The third-order valence-electron chi connectivity index (χ3n) is 3.86. The summed E-state index contributed by atoms with van der Waals surface area (Å²) in [6.45, 7) is 4.15. The van der Waals surface area contributed by atoms with Crippen molar-refractivity contribution in [2.75, 3.05) is 18.0 Å². The molecule has 0 aromatic carbocycles. The number of hydrogen-bond donors (Lipinski definition) is 0. The van der Waals surface area contributed by atoms with E-state index in [2.05, 4.69) is 26.0 Å². The number of aryl methyl sites for hydroxylation is 1. The Hall–Kier alpha value is -1.90. The molecule has 1 aliphatic rings. The first kappa shape index (κ1) is 12.8. The van der Waals surface area contributed by atoms with Gasteiger partial charge in [-0.2, -0.15) is 0 Å². The van der Waals surface area contributed by atoms with Crippen molar-refractivity contribution < 1.29 is 0 Å². The minimum atomic E-state index is 0.0955. The van der Waals surface area contributed by atoms with Gasteiger partial charge in [0, 0.05) is 0 Å². The summed E-state index contributed by atoms with van der Waals surface area (Å²) in [7, 11) is 0. The van der Waals surface area contributed by atoms with Crippen LogP contribution in [0.25, 0.3) is 15.4 Å². The second kappa shape index (κ2) is 4.83. The second-order valence-corrected chi connectivity index (χ2v) is 7.26. The normalized spacial score (nSPS) is 15.1. The van der Waals surface area contributed by atoms with Crippen LogP contribution in [-0.2, 0) is 6.42 Å². The standard InChI is InChI=1S/C14H14N6Se/c1-2-10-17-13-12-11(16-8-20(13)18-10)9(7-15)14(21-12)19-5-3-4-6-19/h8H,2-6H2,1H3. The molecule has 106 valence electrons. The number of anilines is 1. The van der Waals surface area contributed by atoms with E-state index in [1.165, 1.54) is 17.4 Å². The summed E-state index contributed by atoms with van der Waals surface area (Å²) in [5.74, 6) is 0.828. The predicted molar refractivity (Wildman–Crippen MR) is 80.8 cm³/mol. The molecule has 1 fully saturated rings. The van der Waals surface area contributed by atoms with Gasteiger partial charge in [-0.25, -0.2) is 0 Å². The van der Waals surface area contributed by atoms with Crippen LogP contribution in [0.3, 0.4) is 0 Å². The van der Waals surface area contributed by atoms with Crippen molar-refractivity contribution in [3.8, 4) is 6.07 Å². The minimum absolute atomic E-state index is 0.0955. The van der Waals surface area contributed by atoms with E-state index in [1.54, 1.807) is 10.8 Å². The summed E-state index contributed by atoms with van der Waals surface area (Å²) in [6, 6.07) is 2.37. The zero-order valence-electron chi connectivity index (χ0n) is 11.7. The molecule has 1 aliphatic heterocycles. The maximum absolute atomic E-state index is 9.56.